The molecule has 8 rings (SSSR count). The SMILES string of the molecule is [C-]#[N+]c1cncc(-c2cccc(-c3cc4oc5cc(-c6cccc(-c7cncc(C#N)c7)c6)ccc5c4c4ccccc34)c2)c1. The van der Waals surface area contributed by atoms with Crippen molar-refractivity contribution in [2.45, 2.75) is 0 Å². The van der Waals surface area contributed by atoms with Crippen LogP contribution < -0.4 is 0 Å². The van der Waals surface area contributed by atoms with Gasteiger partial charge in [0.1, 0.15) is 17.2 Å². The summed E-state index contributed by atoms with van der Waals surface area (Å²) in [5.41, 5.74) is 10.7. The van der Waals surface area contributed by atoms with E-state index in [1.165, 1.54) is 0 Å². The Labute approximate surface area is 259 Å². The molecule has 0 saturated carbocycles. The Bertz CT molecular complexity index is 2530. The molecule has 0 aliphatic carbocycles. The number of hydrogen-bond acceptors (Lipinski definition) is 4. The normalized spacial score (nSPS) is 11.1. The van der Waals surface area contributed by atoms with Gasteiger partial charge in [0.2, 0.25) is 5.69 Å². The predicted molar refractivity (Wildman–Crippen MR) is 180 cm³/mol. The molecule has 0 N–H and O–H groups in total. The maximum absolute atomic E-state index is 9.32. The van der Waals surface area contributed by atoms with Crippen molar-refractivity contribution < 1.29 is 4.42 Å². The van der Waals surface area contributed by atoms with Gasteiger partial charge in [-0.3, -0.25) is 9.97 Å². The molecule has 45 heavy (non-hydrogen) atoms. The van der Waals surface area contributed by atoms with Crippen molar-refractivity contribution in [3.63, 3.8) is 0 Å². The average Bonchev–Trinajstić information content (AvgIpc) is 3.49. The fourth-order valence-corrected chi connectivity index (χ4v) is 6.11. The zero-order valence-corrected chi connectivity index (χ0v) is 23.9. The lowest BCUT2D eigenvalue weighted by Gasteiger charge is -2.10. The van der Waals surface area contributed by atoms with Crippen molar-refractivity contribution in [1.82, 2.24) is 9.97 Å². The summed E-state index contributed by atoms with van der Waals surface area (Å²) in [4.78, 5) is 12.0. The molecule has 0 aliphatic rings. The van der Waals surface area contributed by atoms with Crippen LogP contribution >= 0.6 is 0 Å². The molecule has 5 nitrogen and oxygen atoms in total. The lowest BCUT2D eigenvalue weighted by atomic mass is 9.93. The van der Waals surface area contributed by atoms with Crippen molar-refractivity contribution in [2.24, 2.45) is 0 Å². The molecule has 0 atom stereocenters. The van der Waals surface area contributed by atoms with Crippen LogP contribution in [-0.4, -0.2) is 9.97 Å². The van der Waals surface area contributed by atoms with E-state index >= 15 is 0 Å². The van der Waals surface area contributed by atoms with Crippen LogP contribution in [0.5, 0.6) is 0 Å². The Morgan fingerprint density at radius 1 is 0.556 bits per heavy atom. The van der Waals surface area contributed by atoms with Crippen molar-refractivity contribution in [1.29, 1.82) is 5.26 Å². The third-order valence-corrected chi connectivity index (χ3v) is 8.24. The molecular weight excluding hydrogens is 552 g/mol. The van der Waals surface area contributed by atoms with Crippen LogP contribution in [0.4, 0.5) is 5.69 Å². The first-order valence-electron chi connectivity index (χ1n) is 14.5. The van der Waals surface area contributed by atoms with Crippen LogP contribution in [0.15, 0.2) is 138 Å². The van der Waals surface area contributed by atoms with E-state index in [2.05, 4.69) is 93.7 Å². The second-order valence-electron chi connectivity index (χ2n) is 10.9. The molecule has 5 aromatic carbocycles. The molecular formula is C40H22N4O. The summed E-state index contributed by atoms with van der Waals surface area (Å²) in [7, 11) is 0. The second kappa shape index (κ2) is 10.6. The largest absolute Gasteiger partial charge is 0.456 e. The van der Waals surface area contributed by atoms with E-state index in [0.717, 1.165) is 77.2 Å². The van der Waals surface area contributed by atoms with Gasteiger partial charge in [-0.15, -0.1) is 0 Å². The summed E-state index contributed by atoms with van der Waals surface area (Å²) in [6.07, 6.45) is 6.73. The number of aromatic nitrogens is 2. The highest BCUT2D eigenvalue weighted by atomic mass is 16.3. The van der Waals surface area contributed by atoms with Crippen LogP contribution in [0.3, 0.4) is 0 Å². The molecule has 0 radical (unpaired) electrons. The van der Waals surface area contributed by atoms with Crippen LogP contribution in [0.25, 0.3) is 82.1 Å². The van der Waals surface area contributed by atoms with E-state index in [-0.39, 0.29) is 0 Å². The first kappa shape index (κ1) is 26.1. The Kier molecular flexibility index (Phi) is 6.16. The van der Waals surface area contributed by atoms with E-state index < -0.39 is 0 Å². The number of rotatable bonds is 4. The molecule has 3 heterocycles. The molecule has 0 fully saturated rings. The first-order valence-corrected chi connectivity index (χ1v) is 14.5. The molecule has 208 valence electrons. The molecule has 0 aliphatic heterocycles. The van der Waals surface area contributed by atoms with Crippen LogP contribution in [0.1, 0.15) is 5.56 Å². The summed E-state index contributed by atoms with van der Waals surface area (Å²) in [5, 5.41) is 13.7. The highest BCUT2D eigenvalue weighted by Gasteiger charge is 2.16. The van der Waals surface area contributed by atoms with Gasteiger partial charge in [-0.1, -0.05) is 66.7 Å². The van der Waals surface area contributed by atoms with E-state index in [0.29, 0.717) is 11.3 Å². The van der Waals surface area contributed by atoms with Crippen LogP contribution in [0, 0.1) is 17.9 Å². The van der Waals surface area contributed by atoms with Crippen LogP contribution in [0.2, 0.25) is 0 Å². The molecule has 0 unspecified atom stereocenters. The molecule has 8 aromatic rings. The van der Waals surface area contributed by atoms with Gasteiger partial charge in [-0.25, -0.2) is 4.85 Å². The lowest BCUT2D eigenvalue weighted by molar-refractivity contribution is 0.669. The number of nitrogens with zero attached hydrogens (tertiary/aromatic N) is 4. The minimum Gasteiger partial charge on any atom is -0.456 e. The summed E-state index contributed by atoms with van der Waals surface area (Å²) < 4.78 is 6.59. The van der Waals surface area contributed by atoms with Crippen molar-refractivity contribution in [3.8, 4) is 50.6 Å². The Balaban J connectivity index is 1.26. The Morgan fingerprint density at radius 2 is 1.22 bits per heavy atom. The fourth-order valence-electron chi connectivity index (χ4n) is 6.11. The summed E-state index contributed by atoms with van der Waals surface area (Å²) in [6.45, 7) is 7.38. The van der Waals surface area contributed by atoms with Gasteiger partial charge in [0.15, 0.2) is 0 Å². The Hall–Kier alpha value is -6.56. The molecule has 3 aromatic heterocycles. The van der Waals surface area contributed by atoms with Gasteiger partial charge in [0, 0.05) is 41.1 Å². The molecule has 0 amide bonds. The van der Waals surface area contributed by atoms with Gasteiger partial charge in [-0.2, -0.15) is 5.26 Å². The van der Waals surface area contributed by atoms with E-state index in [1.807, 2.05) is 36.4 Å². The summed E-state index contributed by atoms with van der Waals surface area (Å²) in [6, 6.07) is 39.5. The number of benzene rings is 5. The number of nitriles is 1. The topological polar surface area (TPSA) is 67.1 Å². The minimum absolute atomic E-state index is 0.517. The standard InChI is InChI=1S/C40H22N4O/c1-42-33-17-32(23-44-24-33)28-8-5-9-30(16-28)37-19-39-40(35-11-3-2-10-34(35)37)36-13-12-29(18-38(36)45-39)26-6-4-7-27(15-26)31-14-25(20-41)21-43-22-31/h2-19,21-24H. The van der Waals surface area contributed by atoms with Gasteiger partial charge < -0.3 is 4.42 Å². The zero-order valence-electron chi connectivity index (χ0n) is 23.9. The molecule has 0 bridgehead atoms. The van der Waals surface area contributed by atoms with Gasteiger partial charge >= 0.3 is 0 Å². The maximum Gasteiger partial charge on any atom is 0.205 e. The van der Waals surface area contributed by atoms with Crippen molar-refractivity contribution in [3.05, 3.63) is 151 Å². The number of furan rings is 1. The number of hydrogen-bond donors (Lipinski definition) is 0. The fraction of sp³-hybridized carbons (Fsp3) is 0. The Morgan fingerprint density at radius 3 is 2.00 bits per heavy atom. The molecule has 5 heteroatoms. The monoisotopic (exact) mass is 574 g/mol. The molecule has 0 saturated heterocycles. The quantitative estimate of drug-likeness (QED) is 0.196. The molecule has 0 spiro atoms. The van der Waals surface area contributed by atoms with Gasteiger partial charge in [-0.05, 0) is 92.2 Å². The van der Waals surface area contributed by atoms with Crippen molar-refractivity contribution >= 4 is 38.4 Å². The van der Waals surface area contributed by atoms with Gasteiger partial charge in [0.05, 0.1) is 12.1 Å². The maximum atomic E-state index is 9.32. The number of fused-ring (bicyclic) bond motifs is 5. The first-order chi connectivity index (χ1) is 22.2. The lowest BCUT2D eigenvalue weighted by Crippen LogP contribution is -1.85. The minimum atomic E-state index is 0.517. The van der Waals surface area contributed by atoms with Crippen LogP contribution in [-0.2, 0) is 0 Å². The predicted octanol–water partition coefficient (Wildman–Crippen LogP) is 10.6. The highest BCUT2D eigenvalue weighted by Crippen LogP contribution is 2.42. The van der Waals surface area contributed by atoms with E-state index in [9.17, 15) is 5.26 Å². The van der Waals surface area contributed by atoms with E-state index in [4.69, 9.17) is 11.0 Å². The van der Waals surface area contributed by atoms with Gasteiger partial charge in [0.25, 0.3) is 0 Å². The van der Waals surface area contributed by atoms with E-state index in [1.54, 1.807) is 24.8 Å². The third-order valence-electron chi connectivity index (χ3n) is 8.24. The summed E-state index contributed by atoms with van der Waals surface area (Å²) in [5.74, 6) is 0. The highest BCUT2D eigenvalue weighted by molar-refractivity contribution is 6.22. The van der Waals surface area contributed by atoms with Crippen molar-refractivity contribution in [2.75, 3.05) is 0 Å². The number of pyridine rings is 2. The smallest absolute Gasteiger partial charge is 0.205 e. The third kappa shape index (κ3) is 4.57. The second-order valence-corrected chi connectivity index (χ2v) is 10.9. The zero-order chi connectivity index (χ0) is 30.3. The average molecular weight is 575 g/mol. The summed E-state index contributed by atoms with van der Waals surface area (Å²) >= 11 is 0.